The number of hydrogen-bond acceptors (Lipinski definition) is 1. The summed E-state index contributed by atoms with van der Waals surface area (Å²) in [5.74, 6) is 1.44. The topological polar surface area (TPSA) is 29.1 Å². The molecule has 1 atom stereocenters. The third kappa shape index (κ3) is 3.87. The van der Waals surface area contributed by atoms with Gasteiger partial charge in [-0.3, -0.25) is 4.79 Å². The standard InChI is InChI=1S/C11H20ClNO/c1-9(10-5-2-3-6-10)13-11(14)7-4-8-12/h9-10H,2-8H2,1H3,(H,13,14)/t9-/m1/s1. The van der Waals surface area contributed by atoms with E-state index in [2.05, 4.69) is 12.2 Å². The van der Waals surface area contributed by atoms with Gasteiger partial charge in [-0.1, -0.05) is 12.8 Å². The Morgan fingerprint density at radius 1 is 1.50 bits per heavy atom. The number of hydrogen-bond donors (Lipinski definition) is 1. The van der Waals surface area contributed by atoms with Crippen LogP contribution in [0, 0.1) is 5.92 Å². The van der Waals surface area contributed by atoms with Crippen LogP contribution in [0.15, 0.2) is 0 Å². The summed E-state index contributed by atoms with van der Waals surface area (Å²) in [6, 6.07) is 0.348. The van der Waals surface area contributed by atoms with E-state index in [4.69, 9.17) is 11.6 Å². The third-order valence-electron chi connectivity index (χ3n) is 3.03. The summed E-state index contributed by atoms with van der Waals surface area (Å²) in [7, 11) is 0. The number of nitrogens with one attached hydrogen (secondary N) is 1. The Labute approximate surface area is 91.4 Å². The first-order valence-electron chi connectivity index (χ1n) is 5.59. The van der Waals surface area contributed by atoms with E-state index in [1.807, 2.05) is 0 Å². The van der Waals surface area contributed by atoms with Gasteiger partial charge in [0.25, 0.3) is 0 Å². The first kappa shape index (κ1) is 11.8. The molecule has 0 heterocycles. The maximum Gasteiger partial charge on any atom is 0.220 e. The van der Waals surface area contributed by atoms with Crippen molar-refractivity contribution in [1.29, 1.82) is 0 Å². The highest BCUT2D eigenvalue weighted by Crippen LogP contribution is 2.27. The molecule has 0 spiro atoms. The van der Waals surface area contributed by atoms with E-state index < -0.39 is 0 Å². The minimum atomic E-state index is 0.157. The molecular weight excluding hydrogens is 198 g/mol. The molecule has 1 aliphatic carbocycles. The lowest BCUT2D eigenvalue weighted by molar-refractivity contribution is -0.122. The molecule has 0 aromatic rings. The van der Waals surface area contributed by atoms with Gasteiger partial charge in [-0.2, -0.15) is 0 Å². The van der Waals surface area contributed by atoms with Crippen LogP contribution in [0.5, 0.6) is 0 Å². The molecule has 1 aliphatic rings. The molecule has 3 heteroatoms. The van der Waals surface area contributed by atoms with E-state index in [0.29, 0.717) is 24.3 Å². The maximum absolute atomic E-state index is 11.4. The van der Waals surface area contributed by atoms with Gasteiger partial charge in [0.05, 0.1) is 0 Å². The van der Waals surface area contributed by atoms with Crippen molar-refractivity contribution in [3.63, 3.8) is 0 Å². The molecule has 14 heavy (non-hydrogen) atoms. The number of carbonyl (C=O) groups is 1. The monoisotopic (exact) mass is 217 g/mol. The molecule has 0 radical (unpaired) electrons. The molecular formula is C11H20ClNO. The number of rotatable bonds is 5. The quantitative estimate of drug-likeness (QED) is 0.705. The van der Waals surface area contributed by atoms with E-state index >= 15 is 0 Å². The van der Waals surface area contributed by atoms with Gasteiger partial charge in [-0.15, -0.1) is 11.6 Å². The van der Waals surface area contributed by atoms with Crippen molar-refractivity contribution >= 4 is 17.5 Å². The van der Waals surface area contributed by atoms with Gasteiger partial charge in [0.1, 0.15) is 0 Å². The molecule has 0 aromatic heterocycles. The van der Waals surface area contributed by atoms with Gasteiger partial charge in [0.15, 0.2) is 0 Å². The van der Waals surface area contributed by atoms with Crippen LogP contribution in [0.25, 0.3) is 0 Å². The summed E-state index contributed by atoms with van der Waals surface area (Å²) in [6.07, 6.45) is 6.55. The minimum Gasteiger partial charge on any atom is -0.353 e. The number of carbonyl (C=O) groups excluding carboxylic acids is 1. The molecule has 1 fully saturated rings. The molecule has 0 bridgehead atoms. The van der Waals surface area contributed by atoms with E-state index in [9.17, 15) is 4.79 Å². The normalized spacial score (nSPS) is 19.6. The fourth-order valence-electron chi connectivity index (χ4n) is 2.13. The Morgan fingerprint density at radius 2 is 2.14 bits per heavy atom. The highest BCUT2D eigenvalue weighted by atomic mass is 35.5. The molecule has 1 rings (SSSR count). The highest BCUT2D eigenvalue weighted by Gasteiger charge is 2.22. The lowest BCUT2D eigenvalue weighted by atomic mass is 10.00. The van der Waals surface area contributed by atoms with Gasteiger partial charge < -0.3 is 5.32 Å². The van der Waals surface area contributed by atoms with E-state index in [-0.39, 0.29) is 5.91 Å². The molecule has 0 saturated heterocycles. The average Bonchev–Trinajstić information content (AvgIpc) is 2.67. The van der Waals surface area contributed by atoms with Gasteiger partial charge in [-0.05, 0) is 32.1 Å². The van der Waals surface area contributed by atoms with Gasteiger partial charge in [0.2, 0.25) is 5.91 Å². The molecule has 0 unspecified atom stereocenters. The van der Waals surface area contributed by atoms with Crippen molar-refractivity contribution in [3.8, 4) is 0 Å². The van der Waals surface area contributed by atoms with Crippen molar-refractivity contribution in [2.45, 2.75) is 51.5 Å². The fourth-order valence-corrected chi connectivity index (χ4v) is 2.26. The molecule has 82 valence electrons. The Kier molecular flexibility index (Phi) is 5.31. The fraction of sp³-hybridized carbons (Fsp3) is 0.909. The van der Waals surface area contributed by atoms with Crippen molar-refractivity contribution < 1.29 is 4.79 Å². The zero-order valence-corrected chi connectivity index (χ0v) is 9.65. The Balaban J connectivity index is 2.18. The molecule has 0 aromatic carbocycles. The highest BCUT2D eigenvalue weighted by molar-refractivity contribution is 6.17. The van der Waals surface area contributed by atoms with Crippen molar-refractivity contribution in [2.75, 3.05) is 5.88 Å². The minimum absolute atomic E-state index is 0.157. The predicted molar refractivity (Wildman–Crippen MR) is 59.5 cm³/mol. The van der Waals surface area contributed by atoms with E-state index in [0.717, 1.165) is 6.42 Å². The number of amides is 1. The van der Waals surface area contributed by atoms with Crippen LogP contribution in [-0.2, 0) is 4.79 Å². The Bertz CT molecular complexity index is 178. The summed E-state index contributed by atoms with van der Waals surface area (Å²) in [4.78, 5) is 11.4. The maximum atomic E-state index is 11.4. The van der Waals surface area contributed by atoms with Crippen LogP contribution < -0.4 is 5.32 Å². The van der Waals surface area contributed by atoms with Crippen molar-refractivity contribution in [2.24, 2.45) is 5.92 Å². The number of alkyl halides is 1. The first-order chi connectivity index (χ1) is 6.74. The second-order valence-electron chi connectivity index (χ2n) is 4.19. The Morgan fingerprint density at radius 3 is 2.71 bits per heavy atom. The molecule has 1 amide bonds. The Hall–Kier alpha value is -0.240. The molecule has 0 aliphatic heterocycles. The zero-order valence-electron chi connectivity index (χ0n) is 8.89. The van der Waals surface area contributed by atoms with Crippen molar-refractivity contribution in [1.82, 2.24) is 5.32 Å². The van der Waals surface area contributed by atoms with Crippen LogP contribution in [0.3, 0.4) is 0 Å². The predicted octanol–water partition coefficient (Wildman–Crippen LogP) is 2.70. The molecule has 2 nitrogen and oxygen atoms in total. The van der Waals surface area contributed by atoms with E-state index in [1.165, 1.54) is 25.7 Å². The van der Waals surface area contributed by atoms with Crippen LogP contribution in [0.1, 0.15) is 45.4 Å². The first-order valence-corrected chi connectivity index (χ1v) is 6.13. The zero-order chi connectivity index (χ0) is 10.4. The van der Waals surface area contributed by atoms with Gasteiger partial charge in [0, 0.05) is 18.3 Å². The summed E-state index contributed by atoms with van der Waals surface area (Å²) in [5.41, 5.74) is 0. The summed E-state index contributed by atoms with van der Waals surface area (Å²) in [5, 5.41) is 3.06. The largest absolute Gasteiger partial charge is 0.353 e. The van der Waals surface area contributed by atoms with Crippen LogP contribution in [-0.4, -0.2) is 17.8 Å². The van der Waals surface area contributed by atoms with Crippen LogP contribution in [0.2, 0.25) is 0 Å². The third-order valence-corrected chi connectivity index (χ3v) is 3.30. The second-order valence-corrected chi connectivity index (χ2v) is 4.57. The number of halogens is 1. The summed E-state index contributed by atoms with van der Waals surface area (Å²) < 4.78 is 0. The van der Waals surface area contributed by atoms with Gasteiger partial charge in [-0.25, -0.2) is 0 Å². The van der Waals surface area contributed by atoms with Crippen LogP contribution in [0.4, 0.5) is 0 Å². The lowest BCUT2D eigenvalue weighted by Crippen LogP contribution is -2.37. The lowest BCUT2D eigenvalue weighted by Gasteiger charge is -2.20. The van der Waals surface area contributed by atoms with Crippen molar-refractivity contribution in [3.05, 3.63) is 0 Å². The van der Waals surface area contributed by atoms with Gasteiger partial charge >= 0.3 is 0 Å². The summed E-state index contributed by atoms with van der Waals surface area (Å²) >= 11 is 5.53. The summed E-state index contributed by atoms with van der Waals surface area (Å²) in [6.45, 7) is 2.12. The SMILES string of the molecule is C[C@@H](NC(=O)CCCCl)C1CCCC1. The van der Waals surface area contributed by atoms with E-state index in [1.54, 1.807) is 0 Å². The molecule has 1 N–H and O–H groups in total. The average molecular weight is 218 g/mol. The molecule has 1 saturated carbocycles. The van der Waals surface area contributed by atoms with Crippen LogP contribution >= 0.6 is 11.6 Å². The second kappa shape index (κ2) is 6.28. The smallest absolute Gasteiger partial charge is 0.220 e.